The Balaban J connectivity index is 0.00000182. The number of nitrogens with zero attached hydrogens (tertiary/aromatic N) is 1. The van der Waals surface area contributed by atoms with E-state index in [1.807, 2.05) is 18.3 Å². The molecule has 0 N–H and O–H groups in total. The Morgan fingerprint density at radius 3 is 2.44 bits per heavy atom. The van der Waals surface area contributed by atoms with Crippen molar-refractivity contribution in [3.63, 3.8) is 0 Å². The number of rotatable bonds is 1. The monoisotopic (exact) mass is 503 g/mol. The Morgan fingerprint density at radius 2 is 1.64 bits per heavy atom. The largest absolute Gasteiger partial charge is 0.304 e. The zero-order valence-electron chi connectivity index (χ0n) is 14.6. The molecule has 0 unspecified atom stereocenters. The first kappa shape index (κ1) is 17.8. The van der Waals surface area contributed by atoms with Gasteiger partial charge in [-0.05, 0) is 33.5 Å². The first-order valence-electron chi connectivity index (χ1n) is 8.34. The number of fused-ring (bicyclic) bond motifs is 3. The molecule has 0 spiro atoms. The first-order valence-corrected chi connectivity index (χ1v) is 8.34. The third-order valence-corrected chi connectivity index (χ3v) is 4.57. The van der Waals surface area contributed by atoms with Gasteiger partial charge in [0, 0.05) is 26.3 Å². The standard InChI is InChI=1S/C23H20N.Ir/c1-23(2,3)21-12-5-4-9-19(21)17-10-6-11-20-18(17)14-13-16-8-7-15-24-22(16)20;/h4-10,12-15H,1-3H3;/q-1;. The van der Waals surface area contributed by atoms with Gasteiger partial charge in [-0.25, -0.2) is 0 Å². The van der Waals surface area contributed by atoms with Gasteiger partial charge in [-0.15, -0.1) is 23.6 Å². The maximum Gasteiger partial charge on any atom is 0.0161 e. The minimum atomic E-state index is 0. The summed E-state index contributed by atoms with van der Waals surface area (Å²) in [7, 11) is 0. The van der Waals surface area contributed by atoms with Gasteiger partial charge in [0.25, 0.3) is 0 Å². The number of benzene rings is 3. The van der Waals surface area contributed by atoms with Gasteiger partial charge in [0.2, 0.25) is 0 Å². The fourth-order valence-electron chi connectivity index (χ4n) is 3.42. The van der Waals surface area contributed by atoms with Crippen LogP contribution in [0.5, 0.6) is 0 Å². The molecule has 0 bridgehead atoms. The Hall–Kier alpha value is -2.02. The average Bonchev–Trinajstić information content (AvgIpc) is 2.60. The van der Waals surface area contributed by atoms with Crippen LogP contribution in [0.3, 0.4) is 0 Å². The van der Waals surface area contributed by atoms with Crippen LogP contribution in [0, 0.1) is 6.07 Å². The predicted molar refractivity (Wildman–Crippen MR) is 102 cm³/mol. The average molecular weight is 503 g/mol. The van der Waals surface area contributed by atoms with Crippen LogP contribution in [-0.2, 0) is 25.5 Å². The summed E-state index contributed by atoms with van der Waals surface area (Å²) >= 11 is 0. The van der Waals surface area contributed by atoms with E-state index in [9.17, 15) is 0 Å². The van der Waals surface area contributed by atoms with Crippen molar-refractivity contribution < 1.29 is 20.1 Å². The molecule has 127 valence electrons. The SMILES string of the molecule is CC(C)(C)c1ccccc1-c1cc[c-]c2c1ccc1cccnc12.[Ir]. The van der Waals surface area contributed by atoms with Crippen LogP contribution in [0.2, 0.25) is 0 Å². The van der Waals surface area contributed by atoms with E-state index >= 15 is 0 Å². The molecule has 2 heteroatoms. The summed E-state index contributed by atoms with van der Waals surface area (Å²) in [6.45, 7) is 6.79. The topological polar surface area (TPSA) is 12.9 Å². The van der Waals surface area contributed by atoms with Gasteiger partial charge in [0.15, 0.2) is 0 Å². The molecule has 1 aromatic heterocycles. The number of pyridine rings is 1. The summed E-state index contributed by atoms with van der Waals surface area (Å²) in [5, 5.41) is 3.46. The van der Waals surface area contributed by atoms with Crippen LogP contribution >= 0.6 is 0 Å². The van der Waals surface area contributed by atoms with Crippen LogP contribution < -0.4 is 0 Å². The zero-order valence-corrected chi connectivity index (χ0v) is 17.0. The summed E-state index contributed by atoms with van der Waals surface area (Å²) in [6.07, 6.45) is 1.85. The Bertz CT molecular complexity index is 1040. The van der Waals surface area contributed by atoms with E-state index in [-0.39, 0.29) is 25.5 Å². The zero-order chi connectivity index (χ0) is 16.7. The predicted octanol–water partition coefficient (Wildman–Crippen LogP) is 6.15. The molecule has 0 aliphatic rings. The summed E-state index contributed by atoms with van der Waals surface area (Å²) in [6, 6.07) is 24.7. The molecule has 1 radical (unpaired) electrons. The number of aromatic nitrogens is 1. The smallest absolute Gasteiger partial charge is 0.0161 e. The van der Waals surface area contributed by atoms with Crippen LogP contribution in [0.25, 0.3) is 32.8 Å². The molecule has 4 rings (SSSR count). The Kier molecular flexibility index (Phi) is 4.77. The molecule has 0 atom stereocenters. The van der Waals surface area contributed by atoms with E-state index in [1.165, 1.54) is 22.1 Å². The van der Waals surface area contributed by atoms with E-state index < -0.39 is 0 Å². The van der Waals surface area contributed by atoms with Crippen molar-refractivity contribution >= 4 is 21.7 Å². The van der Waals surface area contributed by atoms with Crippen molar-refractivity contribution in [2.24, 2.45) is 0 Å². The maximum absolute atomic E-state index is 4.58. The van der Waals surface area contributed by atoms with Gasteiger partial charge in [-0.2, -0.15) is 0 Å². The molecular weight excluding hydrogens is 482 g/mol. The second-order valence-electron chi connectivity index (χ2n) is 7.25. The van der Waals surface area contributed by atoms with Gasteiger partial charge in [0.05, 0.1) is 0 Å². The second-order valence-corrected chi connectivity index (χ2v) is 7.25. The minimum Gasteiger partial charge on any atom is -0.304 e. The minimum absolute atomic E-state index is 0. The molecular formula is C23H20IrN-. The van der Waals surface area contributed by atoms with Crippen LogP contribution in [0.4, 0.5) is 0 Å². The third kappa shape index (κ3) is 3.13. The van der Waals surface area contributed by atoms with Crippen molar-refractivity contribution in [3.8, 4) is 11.1 Å². The summed E-state index contributed by atoms with van der Waals surface area (Å²) in [4.78, 5) is 4.58. The number of hydrogen-bond acceptors (Lipinski definition) is 1. The maximum atomic E-state index is 4.58. The molecule has 1 nitrogen and oxygen atoms in total. The van der Waals surface area contributed by atoms with E-state index in [1.54, 1.807) is 0 Å². The molecule has 0 saturated carbocycles. The van der Waals surface area contributed by atoms with Gasteiger partial charge in [-0.3, -0.25) is 0 Å². The summed E-state index contributed by atoms with van der Waals surface area (Å²) in [5.41, 5.74) is 5.02. The van der Waals surface area contributed by atoms with Crippen molar-refractivity contribution in [1.29, 1.82) is 0 Å². The van der Waals surface area contributed by atoms with Gasteiger partial charge < -0.3 is 4.98 Å². The third-order valence-electron chi connectivity index (χ3n) is 4.57. The van der Waals surface area contributed by atoms with Crippen molar-refractivity contribution in [2.75, 3.05) is 0 Å². The molecule has 0 saturated heterocycles. The molecule has 25 heavy (non-hydrogen) atoms. The molecule has 3 aromatic carbocycles. The molecule has 0 aliphatic carbocycles. The van der Waals surface area contributed by atoms with E-state index in [0.29, 0.717) is 0 Å². The van der Waals surface area contributed by atoms with Gasteiger partial charge >= 0.3 is 0 Å². The first-order chi connectivity index (χ1) is 11.6. The van der Waals surface area contributed by atoms with E-state index in [0.717, 1.165) is 16.3 Å². The molecule has 0 aliphatic heterocycles. The van der Waals surface area contributed by atoms with Crippen LogP contribution in [0.1, 0.15) is 26.3 Å². The van der Waals surface area contributed by atoms with Gasteiger partial charge in [-0.1, -0.05) is 74.2 Å². The molecule has 1 heterocycles. The van der Waals surface area contributed by atoms with Crippen LogP contribution in [0.15, 0.2) is 66.9 Å². The molecule has 4 aromatic rings. The summed E-state index contributed by atoms with van der Waals surface area (Å²) < 4.78 is 0. The fraction of sp³-hybridized carbons (Fsp3) is 0.174. The molecule has 0 amide bonds. The van der Waals surface area contributed by atoms with E-state index in [2.05, 4.69) is 80.4 Å². The fourth-order valence-corrected chi connectivity index (χ4v) is 3.42. The van der Waals surface area contributed by atoms with Crippen LogP contribution in [-0.4, -0.2) is 4.98 Å². The van der Waals surface area contributed by atoms with Crippen molar-refractivity contribution in [1.82, 2.24) is 4.98 Å². The van der Waals surface area contributed by atoms with Gasteiger partial charge in [0.1, 0.15) is 0 Å². The number of hydrogen-bond donors (Lipinski definition) is 0. The van der Waals surface area contributed by atoms with Crippen molar-refractivity contribution in [3.05, 3.63) is 78.5 Å². The van der Waals surface area contributed by atoms with Crippen molar-refractivity contribution in [2.45, 2.75) is 26.2 Å². The Labute approximate surface area is 162 Å². The summed E-state index contributed by atoms with van der Waals surface area (Å²) in [5.74, 6) is 0. The Morgan fingerprint density at radius 1 is 0.840 bits per heavy atom. The quantitative estimate of drug-likeness (QED) is 0.225. The molecule has 0 fully saturated rings. The van der Waals surface area contributed by atoms with E-state index in [4.69, 9.17) is 0 Å². The normalized spacial score (nSPS) is 11.5. The second kappa shape index (κ2) is 6.71.